The highest BCUT2D eigenvalue weighted by atomic mass is 16.6. The maximum absolute atomic E-state index is 13.4. The van der Waals surface area contributed by atoms with Gasteiger partial charge < -0.3 is 19.3 Å². The van der Waals surface area contributed by atoms with Crippen LogP contribution in [0.25, 0.3) is 0 Å². The number of carbonyl (C=O) groups excluding carboxylic acids is 3. The molecule has 0 aliphatic carbocycles. The quantitative estimate of drug-likeness (QED) is 0.628. The molecule has 34 heavy (non-hydrogen) atoms. The van der Waals surface area contributed by atoms with Gasteiger partial charge in [-0.05, 0) is 24.5 Å². The van der Waals surface area contributed by atoms with Gasteiger partial charge in [-0.3, -0.25) is 14.5 Å². The summed E-state index contributed by atoms with van der Waals surface area (Å²) >= 11 is 0. The van der Waals surface area contributed by atoms with Gasteiger partial charge in [0.1, 0.15) is 18.7 Å². The molecule has 2 aromatic carbocycles. The summed E-state index contributed by atoms with van der Waals surface area (Å²) in [5.41, 5.74) is 1.78. The second-order valence-electron chi connectivity index (χ2n) is 8.60. The molecule has 3 amide bonds. The number of morpholine rings is 1. The summed E-state index contributed by atoms with van der Waals surface area (Å²) in [5.74, 6) is -0.305. The minimum atomic E-state index is -0.677. The van der Waals surface area contributed by atoms with Gasteiger partial charge in [-0.25, -0.2) is 4.79 Å². The van der Waals surface area contributed by atoms with E-state index in [0.717, 1.165) is 11.1 Å². The van der Waals surface area contributed by atoms with E-state index >= 15 is 0 Å². The first kappa shape index (κ1) is 23.8. The van der Waals surface area contributed by atoms with Crippen LogP contribution in [0.1, 0.15) is 24.5 Å². The number of carbonyl (C=O) groups is 3. The van der Waals surface area contributed by atoms with Crippen LogP contribution in [-0.4, -0.2) is 77.5 Å². The number of amides is 3. The first-order valence-electron chi connectivity index (χ1n) is 11.7. The Labute approximate surface area is 200 Å². The summed E-state index contributed by atoms with van der Waals surface area (Å²) < 4.78 is 10.9. The number of benzene rings is 2. The zero-order chi connectivity index (χ0) is 23.9. The van der Waals surface area contributed by atoms with Gasteiger partial charge >= 0.3 is 6.09 Å². The van der Waals surface area contributed by atoms with Crippen molar-refractivity contribution in [1.29, 1.82) is 0 Å². The zero-order valence-corrected chi connectivity index (χ0v) is 19.5. The number of hydrogen-bond acceptors (Lipinski definition) is 5. The van der Waals surface area contributed by atoms with Crippen molar-refractivity contribution in [2.24, 2.45) is 0 Å². The monoisotopic (exact) mass is 465 g/mol. The largest absolute Gasteiger partial charge is 0.445 e. The Morgan fingerprint density at radius 2 is 1.62 bits per heavy atom. The number of likely N-dealkylation sites (tertiary alicyclic amines) is 1. The van der Waals surface area contributed by atoms with E-state index in [0.29, 0.717) is 39.3 Å². The fraction of sp³-hybridized carbons (Fsp3) is 0.423. The second-order valence-corrected chi connectivity index (χ2v) is 8.60. The van der Waals surface area contributed by atoms with Crippen molar-refractivity contribution in [2.45, 2.75) is 38.6 Å². The average Bonchev–Trinajstić information content (AvgIpc) is 3.27. The van der Waals surface area contributed by atoms with Gasteiger partial charge in [-0.1, -0.05) is 60.7 Å². The lowest BCUT2D eigenvalue weighted by molar-refractivity contribution is -0.146. The van der Waals surface area contributed by atoms with Crippen LogP contribution in [0.4, 0.5) is 4.79 Å². The van der Waals surface area contributed by atoms with Gasteiger partial charge in [0, 0.05) is 26.2 Å². The van der Waals surface area contributed by atoms with Crippen molar-refractivity contribution in [1.82, 2.24) is 14.7 Å². The molecule has 2 aliphatic rings. The van der Waals surface area contributed by atoms with E-state index in [9.17, 15) is 14.4 Å². The Bertz CT molecular complexity index is 978. The Morgan fingerprint density at radius 3 is 2.26 bits per heavy atom. The smallest absolute Gasteiger partial charge is 0.411 e. The van der Waals surface area contributed by atoms with Gasteiger partial charge in [0.15, 0.2) is 0 Å². The van der Waals surface area contributed by atoms with E-state index in [1.165, 1.54) is 4.90 Å². The highest BCUT2D eigenvalue weighted by Gasteiger charge is 2.43. The summed E-state index contributed by atoms with van der Waals surface area (Å²) in [5, 5.41) is 0. The number of nitrogens with zero attached hydrogens (tertiary/aromatic N) is 3. The Hall–Kier alpha value is -3.39. The van der Waals surface area contributed by atoms with E-state index in [1.54, 1.807) is 16.7 Å². The third kappa shape index (κ3) is 5.56. The van der Waals surface area contributed by atoms with Crippen LogP contribution < -0.4 is 0 Å². The normalized spacial score (nSPS) is 19.1. The molecule has 2 heterocycles. The molecule has 2 aliphatic heterocycles. The maximum atomic E-state index is 13.4. The number of hydrogen-bond donors (Lipinski definition) is 0. The van der Waals surface area contributed by atoms with Crippen molar-refractivity contribution in [2.75, 3.05) is 32.8 Å². The predicted molar refractivity (Wildman–Crippen MR) is 126 cm³/mol. The van der Waals surface area contributed by atoms with E-state index in [-0.39, 0.29) is 25.0 Å². The lowest BCUT2D eigenvalue weighted by Gasteiger charge is -2.33. The van der Waals surface area contributed by atoms with E-state index in [2.05, 4.69) is 0 Å². The molecule has 0 unspecified atom stereocenters. The SMILES string of the molecule is C[C@@H](C(=O)N1CCOCC1)N1CC[C@H](N(Cc2ccccc2)C(=O)OCc2ccccc2)C1=O. The topological polar surface area (TPSA) is 79.4 Å². The van der Waals surface area contributed by atoms with Crippen LogP contribution in [0.3, 0.4) is 0 Å². The van der Waals surface area contributed by atoms with E-state index in [4.69, 9.17) is 9.47 Å². The van der Waals surface area contributed by atoms with Gasteiger partial charge in [-0.15, -0.1) is 0 Å². The van der Waals surface area contributed by atoms with Crippen LogP contribution >= 0.6 is 0 Å². The lowest BCUT2D eigenvalue weighted by atomic mass is 10.1. The molecule has 0 radical (unpaired) electrons. The van der Waals surface area contributed by atoms with Crippen LogP contribution in [0.15, 0.2) is 60.7 Å². The zero-order valence-electron chi connectivity index (χ0n) is 19.5. The summed E-state index contributed by atoms with van der Waals surface area (Å²) in [4.78, 5) is 44.4. The summed E-state index contributed by atoms with van der Waals surface area (Å²) in [7, 11) is 0. The predicted octanol–water partition coefficient (Wildman–Crippen LogP) is 2.67. The molecule has 180 valence electrons. The number of ether oxygens (including phenoxy) is 2. The second kappa shape index (κ2) is 11.2. The summed E-state index contributed by atoms with van der Waals surface area (Å²) in [6, 6.07) is 17.7. The van der Waals surface area contributed by atoms with Gasteiger partial charge in [0.25, 0.3) is 0 Å². The van der Waals surface area contributed by atoms with E-state index in [1.807, 2.05) is 60.7 Å². The van der Waals surface area contributed by atoms with Crippen molar-refractivity contribution >= 4 is 17.9 Å². The molecule has 8 nitrogen and oxygen atoms in total. The molecule has 0 bridgehead atoms. The molecule has 0 saturated carbocycles. The molecular weight excluding hydrogens is 434 g/mol. The molecule has 2 fully saturated rings. The minimum Gasteiger partial charge on any atom is -0.445 e. The van der Waals surface area contributed by atoms with Crippen LogP contribution in [0, 0.1) is 0 Å². The third-order valence-electron chi connectivity index (χ3n) is 6.37. The van der Waals surface area contributed by atoms with Crippen LogP contribution in [0.2, 0.25) is 0 Å². The highest BCUT2D eigenvalue weighted by Crippen LogP contribution is 2.24. The molecule has 2 aromatic rings. The van der Waals surface area contributed by atoms with Crippen molar-refractivity contribution in [3.63, 3.8) is 0 Å². The van der Waals surface area contributed by atoms with Gasteiger partial charge in [0.2, 0.25) is 11.8 Å². The van der Waals surface area contributed by atoms with Crippen molar-refractivity contribution in [3.05, 3.63) is 71.8 Å². The molecule has 2 saturated heterocycles. The van der Waals surface area contributed by atoms with E-state index < -0.39 is 18.2 Å². The molecule has 8 heteroatoms. The van der Waals surface area contributed by atoms with Gasteiger partial charge in [0.05, 0.1) is 13.2 Å². The van der Waals surface area contributed by atoms with Crippen LogP contribution in [-0.2, 0) is 32.2 Å². The fourth-order valence-electron chi connectivity index (χ4n) is 4.43. The first-order chi connectivity index (χ1) is 16.5. The maximum Gasteiger partial charge on any atom is 0.411 e. The first-order valence-corrected chi connectivity index (χ1v) is 11.7. The Balaban J connectivity index is 1.47. The molecule has 0 spiro atoms. The van der Waals surface area contributed by atoms with Gasteiger partial charge in [-0.2, -0.15) is 0 Å². The fourth-order valence-corrected chi connectivity index (χ4v) is 4.43. The standard InChI is InChI=1S/C26H31N3O5/c1-20(24(30)27-14-16-33-17-15-27)28-13-12-23(25(28)31)29(18-21-8-4-2-5-9-21)26(32)34-19-22-10-6-3-7-11-22/h2-11,20,23H,12-19H2,1H3/t20-,23-/m0/s1. The van der Waals surface area contributed by atoms with Crippen molar-refractivity contribution < 1.29 is 23.9 Å². The molecule has 4 rings (SSSR count). The average molecular weight is 466 g/mol. The summed E-state index contributed by atoms with van der Waals surface area (Å²) in [6.07, 6.45) is -0.0904. The highest BCUT2D eigenvalue weighted by molar-refractivity contribution is 5.92. The van der Waals surface area contributed by atoms with Crippen molar-refractivity contribution in [3.8, 4) is 0 Å². The lowest BCUT2D eigenvalue weighted by Crippen LogP contribution is -2.53. The number of rotatable bonds is 7. The molecular formula is C26H31N3O5. The third-order valence-corrected chi connectivity index (χ3v) is 6.37. The summed E-state index contributed by atoms with van der Waals surface area (Å²) in [6.45, 7) is 4.62. The molecule has 2 atom stereocenters. The Morgan fingerprint density at radius 1 is 1.00 bits per heavy atom. The minimum absolute atomic E-state index is 0.0847. The molecule has 0 N–H and O–H groups in total. The van der Waals surface area contributed by atoms with Crippen LogP contribution in [0.5, 0.6) is 0 Å². The molecule has 0 aromatic heterocycles. The Kier molecular flexibility index (Phi) is 7.80.